The molecule has 130 valence electrons. The summed E-state index contributed by atoms with van der Waals surface area (Å²) in [5, 5.41) is 0. The summed E-state index contributed by atoms with van der Waals surface area (Å²) in [7, 11) is 0. The van der Waals surface area contributed by atoms with Gasteiger partial charge in [0.15, 0.2) is 6.10 Å². The minimum absolute atomic E-state index is 0.166. The Labute approximate surface area is 144 Å². The molecule has 3 rings (SSSR count). The zero-order chi connectivity index (χ0) is 18.1. The Bertz CT molecular complexity index is 749. The molecule has 25 heavy (non-hydrogen) atoms. The van der Waals surface area contributed by atoms with E-state index in [0.717, 1.165) is 4.90 Å². The van der Waals surface area contributed by atoms with Crippen LogP contribution in [-0.2, 0) is 19.1 Å². The molecule has 7 nitrogen and oxygen atoms in total. The number of carbonyl (C=O) groups is 4. The van der Waals surface area contributed by atoms with Crippen LogP contribution in [0.2, 0.25) is 0 Å². The van der Waals surface area contributed by atoms with Gasteiger partial charge in [-0.3, -0.25) is 24.1 Å². The second-order valence-corrected chi connectivity index (χ2v) is 5.94. The molecule has 0 aromatic heterocycles. The summed E-state index contributed by atoms with van der Waals surface area (Å²) in [4.78, 5) is 48.9. The van der Waals surface area contributed by atoms with Gasteiger partial charge in [-0.05, 0) is 18.2 Å². The largest absolute Gasteiger partial charge is 0.458 e. The fourth-order valence-electron chi connectivity index (χ4n) is 3.15. The Morgan fingerprint density at radius 3 is 2.04 bits per heavy atom. The quantitative estimate of drug-likeness (QED) is 0.469. The van der Waals surface area contributed by atoms with E-state index < -0.39 is 30.2 Å². The third-order valence-corrected chi connectivity index (χ3v) is 4.14. The molecule has 0 saturated carbocycles. The van der Waals surface area contributed by atoms with Gasteiger partial charge in [0, 0.05) is 20.3 Å². The highest BCUT2D eigenvalue weighted by molar-refractivity contribution is 6.21. The summed E-state index contributed by atoms with van der Waals surface area (Å²) < 4.78 is 10.4. The maximum Gasteiger partial charge on any atom is 0.303 e. The van der Waals surface area contributed by atoms with Crippen molar-refractivity contribution < 1.29 is 28.7 Å². The first kappa shape index (κ1) is 16.9. The van der Waals surface area contributed by atoms with Gasteiger partial charge >= 0.3 is 11.9 Å². The minimum Gasteiger partial charge on any atom is -0.458 e. The first-order chi connectivity index (χ1) is 11.9. The third kappa shape index (κ3) is 3.17. The molecule has 0 N–H and O–H groups in total. The van der Waals surface area contributed by atoms with Crippen LogP contribution in [-0.4, -0.2) is 46.9 Å². The molecule has 1 aromatic rings. The lowest BCUT2D eigenvalue weighted by Crippen LogP contribution is -2.47. The first-order valence-corrected chi connectivity index (χ1v) is 7.88. The van der Waals surface area contributed by atoms with E-state index in [0.29, 0.717) is 11.1 Å². The molecule has 0 spiro atoms. The topological polar surface area (TPSA) is 90.0 Å². The first-order valence-electron chi connectivity index (χ1n) is 7.88. The molecule has 3 atom stereocenters. The zero-order valence-corrected chi connectivity index (χ0v) is 13.8. The molecule has 1 aliphatic carbocycles. The Hall–Kier alpha value is -2.96. The van der Waals surface area contributed by atoms with E-state index in [9.17, 15) is 19.2 Å². The van der Waals surface area contributed by atoms with E-state index in [1.54, 1.807) is 36.4 Å². The van der Waals surface area contributed by atoms with Gasteiger partial charge in [-0.25, -0.2) is 0 Å². The van der Waals surface area contributed by atoms with Crippen LogP contribution in [0, 0.1) is 0 Å². The number of nitrogens with zero attached hydrogens (tertiary/aromatic N) is 1. The Kier molecular flexibility index (Phi) is 4.39. The molecular weight excluding hydrogens is 326 g/mol. The Balaban J connectivity index is 1.86. The lowest BCUT2D eigenvalue weighted by atomic mass is 9.96. The summed E-state index contributed by atoms with van der Waals surface area (Å²) in [6.07, 6.45) is 1.84. The van der Waals surface area contributed by atoms with Gasteiger partial charge in [-0.15, -0.1) is 0 Å². The predicted octanol–water partition coefficient (Wildman–Crippen LogP) is 1.47. The molecule has 1 heterocycles. The number of benzene rings is 1. The number of carbonyl (C=O) groups excluding carboxylic acids is 4. The highest BCUT2D eigenvalue weighted by atomic mass is 16.6. The average Bonchev–Trinajstić information content (AvgIpc) is 2.80. The number of hydrogen-bond acceptors (Lipinski definition) is 6. The van der Waals surface area contributed by atoms with Crippen molar-refractivity contribution in [2.45, 2.75) is 38.5 Å². The fourth-order valence-corrected chi connectivity index (χ4v) is 3.15. The van der Waals surface area contributed by atoms with Crippen molar-refractivity contribution in [3.8, 4) is 0 Å². The van der Waals surface area contributed by atoms with Crippen LogP contribution in [0.5, 0.6) is 0 Å². The molecule has 7 heteroatoms. The normalized spacial score (nSPS) is 24.9. The van der Waals surface area contributed by atoms with E-state index in [4.69, 9.17) is 9.47 Å². The monoisotopic (exact) mass is 343 g/mol. The average molecular weight is 343 g/mol. The van der Waals surface area contributed by atoms with Crippen molar-refractivity contribution in [1.29, 1.82) is 0 Å². The lowest BCUT2D eigenvalue weighted by Gasteiger charge is -2.33. The van der Waals surface area contributed by atoms with Crippen molar-refractivity contribution in [2.24, 2.45) is 0 Å². The smallest absolute Gasteiger partial charge is 0.303 e. The van der Waals surface area contributed by atoms with Crippen LogP contribution >= 0.6 is 0 Å². The number of esters is 2. The summed E-state index contributed by atoms with van der Waals surface area (Å²) in [5.41, 5.74) is 0.707. The summed E-state index contributed by atoms with van der Waals surface area (Å²) in [6.45, 7) is 2.51. The minimum atomic E-state index is -0.763. The van der Waals surface area contributed by atoms with Gasteiger partial charge in [-0.1, -0.05) is 18.2 Å². The lowest BCUT2D eigenvalue weighted by molar-refractivity contribution is -0.163. The van der Waals surface area contributed by atoms with Crippen LogP contribution in [0.4, 0.5) is 0 Å². The molecular formula is C18H17NO6. The summed E-state index contributed by atoms with van der Waals surface area (Å²) in [6, 6.07) is 6.02. The molecule has 1 aliphatic heterocycles. The van der Waals surface area contributed by atoms with E-state index in [1.165, 1.54) is 13.8 Å². The molecule has 2 amide bonds. The second kappa shape index (κ2) is 6.51. The van der Waals surface area contributed by atoms with E-state index in [1.807, 2.05) is 0 Å². The van der Waals surface area contributed by atoms with E-state index in [2.05, 4.69) is 0 Å². The molecule has 0 radical (unpaired) electrons. The SMILES string of the molecule is CC(=O)O[C@H]1C[C@H](N2C(=O)c3ccccc3C2=O)C=C[C@H]1OC(C)=O. The van der Waals surface area contributed by atoms with Crippen LogP contribution in [0.25, 0.3) is 0 Å². The van der Waals surface area contributed by atoms with Crippen LogP contribution in [0.15, 0.2) is 36.4 Å². The standard InChI is InChI=1S/C18H17NO6/c1-10(20)24-15-8-7-12(9-16(15)25-11(2)21)19-17(22)13-5-3-4-6-14(13)18(19)23/h3-8,12,15-16H,9H2,1-2H3/t12-,15-,16+/m1/s1. The molecule has 0 saturated heterocycles. The Morgan fingerprint density at radius 1 is 0.960 bits per heavy atom. The fraction of sp³-hybridized carbons (Fsp3) is 0.333. The zero-order valence-electron chi connectivity index (χ0n) is 13.8. The number of amides is 2. The maximum absolute atomic E-state index is 12.6. The van der Waals surface area contributed by atoms with Gasteiger partial charge in [0.2, 0.25) is 0 Å². The van der Waals surface area contributed by atoms with Crippen molar-refractivity contribution >= 4 is 23.8 Å². The van der Waals surface area contributed by atoms with Gasteiger partial charge in [0.1, 0.15) is 6.10 Å². The number of fused-ring (bicyclic) bond motifs is 1. The maximum atomic E-state index is 12.6. The van der Waals surface area contributed by atoms with E-state index >= 15 is 0 Å². The number of hydrogen-bond donors (Lipinski definition) is 0. The Morgan fingerprint density at radius 2 is 1.52 bits per heavy atom. The second-order valence-electron chi connectivity index (χ2n) is 5.94. The van der Waals surface area contributed by atoms with Crippen molar-refractivity contribution in [3.63, 3.8) is 0 Å². The van der Waals surface area contributed by atoms with Crippen molar-refractivity contribution in [2.75, 3.05) is 0 Å². The summed E-state index contributed by atoms with van der Waals surface area (Å²) >= 11 is 0. The molecule has 0 unspecified atom stereocenters. The number of imide groups is 1. The highest BCUT2D eigenvalue weighted by Crippen LogP contribution is 2.30. The highest BCUT2D eigenvalue weighted by Gasteiger charge is 2.42. The van der Waals surface area contributed by atoms with Crippen molar-refractivity contribution in [3.05, 3.63) is 47.5 Å². The third-order valence-electron chi connectivity index (χ3n) is 4.14. The predicted molar refractivity (Wildman–Crippen MR) is 85.6 cm³/mol. The molecule has 0 bridgehead atoms. The van der Waals surface area contributed by atoms with Crippen LogP contribution < -0.4 is 0 Å². The molecule has 2 aliphatic rings. The molecule has 1 aromatic carbocycles. The van der Waals surface area contributed by atoms with Gasteiger partial charge in [0.25, 0.3) is 11.8 Å². The van der Waals surface area contributed by atoms with Crippen LogP contribution in [0.3, 0.4) is 0 Å². The molecule has 0 fully saturated rings. The number of rotatable bonds is 3. The van der Waals surface area contributed by atoms with E-state index in [-0.39, 0.29) is 18.2 Å². The van der Waals surface area contributed by atoms with Crippen molar-refractivity contribution in [1.82, 2.24) is 4.90 Å². The number of ether oxygens (including phenoxy) is 2. The van der Waals surface area contributed by atoms with Gasteiger partial charge < -0.3 is 9.47 Å². The van der Waals surface area contributed by atoms with Gasteiger partial charge in [-0.2, -0.15) is 0 Å². The summed E-state index contributed by atoms with van der Waals surface area (Å²) in [5.74, 6) is -1.81. The van der Waals surface area contributed by atoms with Gasteiger partial charge in [0.05, 0.1) is 17.2 Å². The van der Waals surface area contributed by atoms with Crippen LogP contribution in [0.1, 0.15) is 41.0 Å².